The van der Waals surface area contributed by atoms with Gasteiger partial charge < -0.3 is 16.4 Å². The van der Waals surface area contributed by atoms with Crippen molar-refractivity contribution in [1.82, 2.24) is 5.32 Å². The number of carbonyl (C=O) groups excluding carboxylic acids is 1. The number of aliphatic imine (C=N–C) groups is 1. The predicted molar refractivity (Wildman–Crippen MR) is 124 cm³/mol. The van der Waals surface area contributed by atoms with Crippen LogP contribution in [-0.4, -0.2) is 25.7 Å². The summed E-state index contributed by atoms with van der Waals surface area (Å²) in [6.45, 7) is 18.6. The number of aryl methyl sites for hydroxylation is 1. The molecule has 0 unspecified atom stereocenters. The molecule has 5 nitrogen and oxygen atoms in total. The minimum atomic E-state index is 0.384. The van der Waals surface area contributed by atoms with Gasteiger partial charge in [-0.15, -0.1) is 0 Å². The molecular weight excluding hydrogens is 348 g/mol. The number of rotatable bonds is 9. The summed E-state index contributed by atoms with van der Waals surface area (Å²) in [6, 6.07) is 5.88. The number of anilines is 1. The Bertz CT molecular complexity index is 741. The van der Waals surface area contributed by atoms with Crippen molar-refractivity contribution in [2.24, 2.45) is 10.7 Å². The van der Waals surface area contributed by atoms with E-state index in [1.807, 2.05) is 39.1 Å². The molecule has 0 saturated heterocycles. The van der Waals surface area contributed by atoms with Crippen molar-refractivity contribution in [3.05, 3.63) is 59.5 Å². The summed E-state index contributed by atoms with van der Waals surface area (Å²) in [7, 11) is 1.95. The molecule has 0 radical (unpaired) electrons. The zero-order valence-corrected chi connectivity index (χ0v) is 18.3. The van der Waals surface area contributed by atoms with Gasteiger partial charge in [-0.2, -0.15) is 0 Å². The van der Waals surface area contributed by atoms with Crippen LogP contribution in [0, 0.1) is 6.92 Å². The smallest absolute Gasteiger partial charge is 0.211 e. The van der Waals surface area contributed by atoms with Crippen LogP contribution >= 0.6 is 0 Å². The zero-order chi connectivity index (χ0) is 21.7. The van der Waals surface area contributed by atoms with E-state index in [0.29, 0.717) is 12.2 Å². The van der Waals surface area contributed by atoms with Crippen LogP contribution in [0.3, 0.4) is 0 Å². The maximum Gasteiger partial charge on any atom is 0.211 e. The first-order chi connectivity index (χ1) is 13.1. The number of carbonyl (C=O) groups is 1. The molecule has 1 aromatic carbocycles. The number of hydrogen-bond acceptors (Lipinski definition) is 4. The van der Waals surface area contributed by atoms with Gasteiger partial charge in [0.2, 0.25) is 6.41 Å². The van der Waals surface area contributed by atoms with Crippen LogP contribution < -0.4 is 16.4 Å². The summed E-state index contributed by atoms with van der Waals surface area (Å²) >= 11 is 0. The van der Waals surface area contributed by atoms with Crippen molar-refractivity contribution in [3.8, 4) is 0 Å². The van der Waals surface area contributed by atoms with Crippen LogP contribution in [0.1, 0.15) is 51.7 Å². The van der Waals surface area contributed by atoms with E-state index in [1.165, 1.54) is 11.1 Å². The number of benzene rings is 1. The lowest BCUT2D eigenvalue weighted by molar-refractivity contribution is -0.105. The molecule has 154 valence electrons. The summed E-state index contributed by atoms with van der Waals surface area (Å²) in [6.07, 6.45) is 2.69. The average Bonchev–Trinajstić information content (AvgIpc) is 2.62. The van der Waals surface area contributed by atoms with Crippen LogP contribution in [0.4, 0.5) is 5.69 Å². The topological polar surface area (TPSA) is 79.5 Å². The molecule has 0 aliphatic carbocycles. The number of nitrogens with zero attached hydrogens (tertiary/aromatic N) is 1. The third-order valence-corrected chi connectivity index (χ3v) is 4.25. The predicted octanol–water partition coefficient (Wildman–Crippen LogP) is 4.81. The Labute approximate surface area is 170 Å². The van der Waals surface area contributed by atoms with Crippen molar-refractivity contribution in [1.29, 1.82) is 0 Å². The number of nitrogens with one attached hydrogen (secondary N) is 2. The number of amides is 1. The molecule has 0 saturated carbocycles. The molecule has 28 heavy (non-hydrogen) atoms. The first-order valence-corrected chi connectivity index (χ1v) is 9.41. The van der Waals surface area contributed by atoms with Crippen molar-refractivity contribution < 1.29 is 4.79 Å². The van der Waals surface area contributed by atoms with E-state index in [9.17, 15) is 4.79 Å². The fraction of sp³-hybridized carbons (Fsp3) is 0.391. The summed E-state index contributed by atoms with van der Waals surface area (Å²) in [5.74, 6) is 0.384. The molecule has 0 fully saturated rings. The molecule has 1 rings (SSSR count). The second kappa shape index (κ2) is 13.5. The maximum absolute atomic E-state index is 10.3. The lowest BCUT2D eigenvalue weighted by Gasteiger charge is -2.09. The number of hydrogen-bond donors (Lipinski definition) is 3. The van der Waals surface area contributed by atoms with Crippen LogP contribution in [0.25, 0.3) is 5.57 Å². The van der Waals surface area contributed by atoms with Gasteiger partial charge in [0.05, 0.1) is 0 Å². The molecule has 0 spiro atoms. The summed E-state index contributed by atoms with van der Waals surface area (Å²) in [5, 5.41) is 5.77. The molecule has 0 aliphatic heterocycles. The van der Waals surface area contributed by atoms with Gasteiger partial charge in [-0.05, 0) is 83.8 Å². The Morgan fingerprint density at radius 1 is 1.21 bits per heavy atom. The van der Waals surface area contributed by atoms with Crippen molar-refractivity contribution >= 4 is 23.4 Å². The van der Waals surface area contributed by atoms with Gasteiger partial charge in [0.25, 0.3) is 0 Å². The van der Waals surface area contributed by atoms with E-state index >= 15 is 0 Å². The van der Waals surface area contributed by atoms with Crippen molar-refractivity contribution in [2.45, 2.75) is 47.5 Å². The van der Waals surface area contributed by atoms with E-state index in [0.717, 1.165) is 47.5 Å². The SMILES string of the molecule is C=C(C)c1ccc(C)c(NC=O)c1.C=C(N)/N=C(/CCCNC)C(C)=C(C)C. The maximum atomic E-state index is 10.3. The largest absolute Gasteiger partial charge is 0.384 e. The van der Waals surface area contributed by atoms with Crippen molar-refractivity contribution in [2.75, 3.05) is 18.9 Å². The monoisotopic (exact) mass is 384 g/mol. The Morgan fingerprint density at radius 3 is 2.32 bits per heavy atom. The first-order valence-electron chi connectivity index (χ1n) is 9.41. The van der Waals surface area contributed by atoms with Gasteiger partial charge in [0.15, 0.2) is 0 Å². The van der Waals surface area contributed by atoms with Gasteiger partial charge in [-0.25, -0.2) is 4.99 Å². The minimum Gasteiger partial charge on any atom is -0.384 e. The molecule has 0 heterocycles. The second-order valence-electron chi connectivity index (χ2n) is 6.95. The van der Waals surface area contributed by atoms with Gasteiger partial charge in [-0.3, -0.25) is 4.79 Å². The molecule has 0 atom stereocenters. The zero-order valence-electron chi connectivity index (χ0n) is 18.3. The molecule has 0 aromatic heterocycles. The van der Waals surface area contributed by atoms with E-state index in [4.69, 9.17) is 5.73 Å². The molecular formula is C23H36N4O. The highest BCUT2D eigenvalue weighted by atomic mass is 16.1. The van der Waals surface area contributed by atoms with Crippen LogP contribution in [-0.2, 0) is 4.79 Å². The lowest BCUT2D eigenvalue weighted by atomic mass is 10.0. The van der Waals surface area contributed by atoms with Crippen LogP contribution in [0.5, 0.6) is 0 Å². The summed E-state index contributed by atoms with van der Waals surface area (Å²) in [4.78, 5) is 14.6. The molecule has 0 aliphatic rings. The van der Waals surface area contributed by atoms with Gasteiger partial charge >= 0.3 is 0 Å². The lowest BCUT2D eigenvalue weighted by Crippen LogP contribution is -2.12. The van der Waals surface area contributed by atoms with E-state index in [-0.39, 0.29) is 0 Å². The third kappa shape index (κ3) is 9.88. The van der Waals surface area contributed by atoms with Crippen LogP contribution in [0.15, 0.2) is 53.3 Å². The number of allylic oxidation sites excluding steroid dienone is 3. The average molecular weight is 385 g/mol. The quantitative estimate of drug-likeness (QED) is 0.325. The Morgan fingerprint density at radius 2 is 1.86 bits per heavy atom. The highest BCUT2D eigenvalue weighted by molar-refractivity contribution is 6.00. The standard InChI is InChI=1S/C12H23N3.C11H13NO/c1-9(2)10(3)12(15-11(4)13)7-6-8-14-5;1-8(2)10-5-4-9(3)11(6-10)12-7-13/h14H,4,6-8,13H2,1-3,5H3;4-7H,1H2,2-3H3,(H,12,13)/b15-12-;. The van der Waals surface area contributed by atoms with Gasteiger partial charge in [0, 0.05) is 11.4 Å². The number of nitrogens with two attached hydrogens (primary N) is 1. The normalized spacial score (nSPS) is 10.4. The Kier molecular flexibility index (Phi) is 12.2. The van der Waals surface area contributed by atoms with E-state index in [2.05, 4.69) is 49.6 Å². The molecule has 1 aromatic rings. The van der Waals surface area contributed by atoms with Gasteiger partial charge in [0.1, 0.15) is 5.82 Å². The highest BCUT2D eigenvalue weighted by Gasteiger charge is 2.04. The summed E-state index contributed by atoms with van der Waals surface area (Å²) < 4.78 is 0. The van der Waals surface area contributed by atoms with E-state index < -0.39 is 0 Å². The van der Waals surface area contributed by atoms with E-state index in [1.54, 1.807) is 0 Å². The fourth-order valence-corrected chi connectivity index (χ4v) is 2.33. The van der Waals surface area contributed by atoms with Gasteiger partial charge in [-0.1, -0.05) is 36.4 Å². The Balaban J connectivity index is 0.000000525. The van der Waals surface area contributed by atoms with Crippen LogP contribution in [0.2, 0.25) is 0 Å². The van der Waals surface area contributed by atoms with Crippen molar-refractivity contribution in [3.63, 3.8) is 0 Å². The molecule has 0 bridgehead atoms. The second-order valence-corrected chi connectivity index (χ2v) is 6.95. The molecule has 4 N–H and O–H groups in total. The highest BCUT2D eigenvalue weighted by Crippen LogP contribution is 2.20. The molecule has 5 heteroatoms. The molecule has 1 amide bonds. The fourth-order valence-electron chi connectivity index (χ4n) is 2.33. The first kappa shape index (κ1) is 25.3. The Hall–Kier alpha value is -2.66. The minimum absolute atomic E-state index is 0.384. The third-order valence-electron chi connectivity index (χ3n) is 4.25. The summed E-state index contributed by atoms with van der Waals surface area (Å²) in [5.41, 5.74) is 13.0.